The predicted octanol–water partition coefficient (Wildman–Crippen LogP) is 21.6. The second kappa shape index (κ2) is 34.8. The van der Waals surface area contributed by atoms with Gasteiger partial charge in [0, 0.05) is 93.9 Å². The quantitative estimate of drug-likeness (QED) is 0.0590. The molecule has 1 aliphatic carbocycles. The Kier molecular flexibility index (Phi) is 25.4. The molecule has 0 atom stereocenters. The van der Waals surface area contributed by atoms with Crippen LogP contribution in [0.3, 0.4) is 0 Å². The first-order chi connectivity index (χ1) is 51.8. The van der Waals surface area contributed by atoms with Crippen LogP contribution in [0.15, 0.2) is 201 Å². The van der Waals surface area contributed by atoms with Gasteiger partial charge < -0.3 is 25.2 Å². The normalized spacial score (nSPS) is 11.6. The Morgan fingerprint density at radius 2 is 0.817 bits per heavy atom. The molecule has 0 unspecified atom stereocenters. The minimum absolute atomic E-state index is 0.0108. The van der Waals surface area contributed by atoms with Gasteiger partial charge in [-0.1, -0.05) is 114 Å². The van der Waals surface area contributed by atoms with Crippen molar-refractivity contribution in [1.82, 2.24) is 19.9 Å². The highest BCUT2D eigenvalue weighted by Gasteiger charge is 2.32. The maximum atomic E-state index is 15.0. The second-order valence-electron chi connectivity index (χ2n) is 24.5. The fourth-order valence-electron chi connectivity index (χ4n) is 11.7. The van der Waals surface area contributed by atoms with Crippen LogP contribution in [0.4, 0.5) is 48.3 Å². The van der Waals surface area contributed by atoms with Gasteiger partial charge in [0.15, 0.2) is 0 Å². The van der Waals surface area contributed by atoms with Gasteiger partial charge in [0.05, 0.1) is 50.1 Å². The molecule has 13 rings (SSSR count). The van der Waals surface area contributed by atoms with Crippen molar-refractivity contribution in [2.24, 2.45) is 0 Å². The van der Waals surface area contributed by atoms with Gasteiger partial charge in [-0.15, -0.1) is 13.2 Å². The predicted molar refractivity (Wildman–Crippen MR) is 386 cm³/mol. The Bertz CT molecular complexity index is 5430. The minimum Gasteiger partial charge on any atom is -0.478 e. The molecule has 0 bridgehead atoms. The summed E-state index contributed by atoms with van der Waals surface area (Å²) >= 11 is 18.0. The number of carbonyl (C=O) groups is 4. The number of aromatic nitrogens is 4. The topological polar surface area (TPSA) is 210 Å². The highest BCUT2D eigenvalue weighted by molar-refractivity contribution is 6.33. The molecule has 0 saturated heterocycles. The van der Waals surface area contributed by atoms with E-state index < -0.39 is 88.9 Å². The molecular formula is C82H56Cl3F11N4O9. The lowest BCUT2D eigenvalue weighted by Crippen LogP contribution is -2.17. The van der Waals surface area contributed by atoms with Gasteiger partial charge in [-0.2, -0.15) is 0 Å². The highest BCUT2D eigenvalue weighted by Crippen LogP contribution is 2.42. The zero-order chi connectivity index (χ0) is 78.7. The third-order valence-electron chi connectivity index (χ3n) is 17.3. The van der Waals surface area contributed by atoms with Crippen molar-refractivity contribution < 1.29 is 92.6 Å². The molecule has 1 saturated carbocycles. The number of ether oxygens (including phenoxy) is 1. The molecule has 12 aromatic rings. The van der Waals surface area contributed by atoms with Gasteiger partial charge in [-0.05, 0) is 180 Å². The second-order valence-corrected chi connectivity index (χ2v) is 25.7. The number of aromatic carboxylic acids is 4. The third kappa shape index (κ3) is 19.7. The SMILES string of the molecule is Cc1c(-c2cccc(OC(F)(F)F)c2)cc(F)c(Cc2ncccc2C(=O)O)c1F.Cc1c(-c2ccccc2Cl)cc(F)c(Cc2ncccc2C(=O)O)c1F.O=C(O)c1cc(C2CC2)cnc1Cc1c(F)cc(-c2ccccc2Cl)cc1F.O=C(O)c1cc(Cl)cnc1Cc1c(F)cc(-c2ccccc2)cc1F. The zero-order valence-electron chi connectivity index (χ0n) is 56.8. The van der Waals surface area contributed by atoms with Gasteiger partial charge in [0.1, 0.15) is 52.3 Å². The van der Waals surface area contributed by atoms with Crippen LogP contribution in [0.2, 0.25) is 15.1 Å². The summed E-state index contributed by atoms with van der Waals surface area (Å²) in [7, 11) is 0. The molecule has 1 fully saturated rings. The Morgan fingerprint density at radius 3 is 1.30 bits per heavy atom. The smallest absolute Gasteiger partial charge is 0.478 e. The summed E-state index contributed by atoms with van der Waals surface area (Å²) in [6.45, 7) is 2.88. The molecular weight excluding hydrogens is 1500 g/mol. The standard InChI is InChI=1S/C22H16ClF2NO2.C21H14F5NO3.C20H14ClF2NO2.C19H12ClF2NO2/c23-18-4-2-1-3-15(18)13-8-19(24)16(20(25)9-13)10-21-17(22(27)28)7-14(11-26-21)12-5-6-12;1-11-15(12-4-2-5-13(8-12)30-21(24,25)26)9-17(22)16(19(11)23)10-18-14(20(28)29)6-3-7-27-18;1-11-14(12-5-2-3-7-16(12)21)9-17(22)15(19(11)23)10-18-13(20(25)26)6-4-8-24-18;20-13-8-15(19(24)25)18(23-10-13)9-14-16(21)6-12(7-17(14)22)11-4-2-1-3-5-11/h1-4,7-9,11-12H,5-6,10H2,(H,27,28);2-9H,10H2,1H3,(H,28,29);2-9H,10H2,1H3,(H,25,26);1-8,10H,9H2,(H,24,25). The Morgan fingerprint density at radius 1 is 0.404 bits per heavy atom. The average Bonchev–Trinajstić information content (AvgIpc) is 1.39. The Balaban J connectivity index is 0.000000155. The van der Waals surface area contributed by atoms with Gasteiger partial charge in [-0.25, -0.2) is 54.3 Å². The maximum Gasteiger partial charge on any atom is 0.573 e. The van der Waals surface area contributed by atoms with Gasteiger partial charge >= 0.3 is 30.2 Å². The monoisotopic (exact) mass is 1550 g/mol. The molecule has 4 heterocycles. The van der Waals surface area contributed by atoms with E-state index in [9.17, 15) is 87.9 Å². The van der Waals surface area contributed by atoms with Crippen molar-refractivity contribution in [1.29, 1.82) is 0 Å². The number of alkyl halides is 3. The van der Waals surface area contributed by atoms with E-state index >= 15 is 0 Å². The van der Waals surface area contributed by atoms with E-state index in [1.807, 2.05) is 6.07 Å². The van der Waals surface area contributed by atoms with Crippen molar-refractivity contribution in [3.05, 3.63) is 346 Å². The average molecular weight is 1560 g/mol. The minimum atomic E-state index is -4.90. The van der Waals surface area contributed by atoms with Crippen molar-refractivity contribution >= 4 is 58.7 Å². The lowest BCUT2D eigenvalue weighted by molar-refractivity contribution is -0.274. The molecule has 0 spiro atoms. The summed E-state index contributed by atoms with van der Waals surface area (Å²) in [5, 5.41) is 38.1. The number of hydrogen-bond acceptors (Lipinski definition) is 9. The fraction of sp³-hybridized carbons (Fsp3) is 0.122. The van der Waals surface area contributed by atoms with Crippen molar-refractivity contribution in [3.8, 4) is 50.3 Å². The summed E-state index contributed by atoms with van der Waals surface area (Å²) < 4.78 is 159. The summed E-state index contributed by atoms with van der Waals surface area (Å²) in [6.07, 6.45) is 1.47. The van der Waals surface area contributed by atoms with Crippen LogP contribution < -0.4 is 4.74 Å². The number of nitrogens with zero attached hydrogens (tertiary/aromatic N) is 4. The molecule has 0 amide bonds. The highest BCUT2D eigenvalue weighted by atomic mass is 35.5. The van der Waals surface area contributed by atoms with Gasteiger partial charge in [0.2, 0.25) is 0 Å². The van der Waals surface area contributed by atoms with Crippen LogP contribution in [0.25, 0.3) is 44.5 Å². The lowest BCUT2D eigenvalue weighted by atomic mass is 9.94. The summed E-state index contributed by atoms with van der Waals surface area (Å²) in [5.74, 6) is -11.5. The van der Waals surface area contributed by atoms with Crippen LogP contribution >= 0.6 is 34.8 Å². The molecule has 556 valence electrons. The molecule has 0 aliphatic heterocycles. The fourth-order valence-corrected chi connectivity index (χ4v) is 12.3. The maximum absolute atomic E-state index is 15.0. The molecule has 4 aromatic heterocycles. The van der Waals surface area contributed by atoms with E-state index in [1.165, 1.54) is 105 Å². The number of pyridine rings is 4. The van der Waals surface area contributed by atoms with E-state index in [0.717, 1.165) is 36.6 Å². The van der Waals surface area contributed by atoms with E-state index in [1.54, 1.807) is 85.1 Å². The lowest BCUT2D eigenvalue weighted by Gasteiger charge is -2.15. The number of hydrogen-bond donors (Lipinski definition) is 4. The van der Waals surface area contributed by atoms with E-state index in [0.29, 0.717) is 49.3 Å². The van der Waals surface area contributed by atoms with Crippen LogP contribution in [0.1, 0.15) is 122 Å². The van der Waals surface area contributed by atoms with Crippen molar-refractivity contribution in [2.45, 2.75) is 64.7 Å². The number of carboxylic acids is 4. The Hall–Kier alpha value is -11.9. The van der Waals surface area contributed by atoms with Gasteiger partial charge in [0.25, 0.3) is 0 Å². The summed E-state index contributed by atoms with van der Waals surface area (Å²) in [6, 6.07) is 42.5. The first-order valence-corrected chi connectivity index (χ1v) is 33.8. The largest absolute Gasteiger partial charge is 0.573 e. The molecule has 0 radical (unpaired) electrons. The van der Waals surface area contributed by atoms with E-state index in [-0.39, 0.29) is 114 Å². The molecule has 4 N–H and O–H groups in total. The van der Waals surface area contributed by atoms with Crippen LogP contribution in [-0.4, -0.2) is 70.6 Å². The molecule has 27 heteroatoms. The Labute approximate surface area is 629 Å². The van der Waals surface area contributed by atoms with E-state index in [4.69, 9.17) is 34.8 Å². The summed E-state index contributed by atoms with van der Waals surface area (Å²) in [4.78, 5) is 61.5. The molecule has 8 aromatic carbocycles. The molecule has 1 aliphatic rings. The van der Waals surface area contributed by atoms with Gasteiger partial charge in [-0.3, -0.25) is 19.9 Å². The molecule has 109 heavy (non-hydrogen) atoms. The number of carboxylic acid groups (broad SMARTS) is 4. The van der Waals surface area contributed by atoms with Crippen molar-refractivity contribution in [3.63, 3.8) is 0 Å². The summed E-state index contributed by atoms with van der Waals surface area (Å²) in [5.41, 5.74) is 2.79. The number of halogens is 14. The number of benzene rings is 8. The van der Waals surface area contributed by atoms with Crippen molar-refractivity contribution in [2.75, 3.05) is 0 Å². The first-order valence-electron chi connectivity index (χ1n) is 32.6. The van der Waals surface area contributed by atoms with Crippen LogP contribution in [0, 0.1) is 60.4 Å². The van der Waals surface area contributed by atoms with Crippen LogP contribution in [-0.2, 0) is 25.7 Å². The zero-order valence-corrected chi connectivity index (χ0v) is 59.1. The number of rotatable bonds is 18. The first kappa shape index (κ1) is 79.7. The third-order valence-corrected chi connectivity index (χ3v) is 18.2. The molecule has 13 nitrogen and oxygen atoms in total. The van der Waals surface area contributed by atoms with E-state index in [2.05, 4.69) is 24.7 Å². The van der Waals surface area contributed by atoms with Crippen LogP contribution in [0.5, 0.6) is 5.75 Å².